The third kappa shape index (κ3) is 4.83. The predicted molar refractivity (Wildman–Crippen MR) is 131 cm³/mol. The zero-order valence-electron chi connectivity index (χ0n) is 19.5. The molecule has 0 aliphatic heterocycles. The van der Waals surface area contributed by atoms with Gasteiger partial charge in [0.2, 0.25) is 0 Å². The number of hydrogen-bond acceptors (Lipinski definition) is 7. The van der Waals surface area contributed by atoms with E-state index in [0.717, 1.165) is 0 Å². The zero-order chi connectivity index (χ0) is 25.2. The Labute approximate surface area is 201 Å². The number of ether oxygens (including phenoxy) is 1. The Kier molecular flexibility index (Phi) is 6.48. The van der Waals surface area contributed by atoms with Gasteiger partial charge in [0.15, 0.2) is 11.4 Å². The Balaban J connectivity index is 1.72. The highest BCUT2D eigenvalue weighted by Gasteiger charge is 2.38. The summed E-state index contributed by atoms with van der Waals surface area (Å²) < 4.78 is 9.94. The van der Waals surface area contributed by atoms with E-state index in [-0.39, 0.29) is 12.2 Å². The molecule has 0 aliphatic carbocycles. The summed E-state index contributed by atoms with van der Waals surface area (Å²) in [6, 6.07) is 18.0. The van der Waals surface area contributed by atoms with Crippen LogP contribution in [0.2, 0.25) is 0 Å². The van der Waals surface area contributed by atoms with Crippen molar-refractivity contribution < 1.29 is 24.0 Å². The van der Waals surface area contributed by atoms with Crippen LogP contribution in [0.5, 0.6) is 5.75 Å². The number of anilines is 1. The first-order valence-corrected chi connectivity index (χ1v) is 10.9. The number of nitrogens with one attached hydrogen (secondary N) is 1. The summed E-state index contributed by atoms with van der Waals surface area (Å²) in [5.74, 6) is -0.140. The lowest BCUT2D eigenvalue weighted by Crippen LogP contribution is -2.42. The second-order valence-electron chi connectivity index (χ2n) is 8.29. The van der Waals surface area contributed by atoms with Crippen molar-refractivity contribution in [3.63, 3.8) is 0 Å². The molecule has 1 unspecified atom stereocenters. The van der Waals surface area contributed by atoms with Gasteiger partial charge in [0.1, 0.15) is 5.75 Å². The molecule has 3 aromatic carbocycles. The lowest BCUT2D eigenvalue weighted by molar-refractivity contribution is -0.135. The van der Waals surface area contributed by atoms with E-state index in [9.17, 15) is 19.5 Å². The van der Waals surface area contributed by atoms with Gasteiger partial charge >= 0.3 is 5.63 Å². The van der Waals surface area contributed by atoms with Crippen molar-refractivity contribution in [1.29, 1.82) is 0 Å². The normalized spacial score (nSPS) is 12.7. The number of hydrogen-bond donors (Lipinski definition) is 2. The number of aromatic nitrogens is 1. The van der Waals surface area contributed by atoms with Gasteiger partial charge in [-0.15, -0.1) is 0 Å². The molecule has 0 aliphatic rings. The Bertz CT molecular complexity index is 1460. The van der Waals surface area contributed by atoms with E-state index in [0.29, 0.717) is 44.6 Å². The minimum Gasteiger partial charge on any atom is -0.497 e. The topological polar surface area (TPSA) is 119 Å². The Morgan fingerprint density at radius 1 is 1.03 bits per heavy atom. The molecule has 4 aromatic rings. The van der Waals surface area contributed by atoms with Crippen LogP contribution in [0.4, 0.5) is 5.69 Å². The molecule has 0 bridgehead atoms. The molecule has 0 spiro atoms. The summed E-state index contributed by atoms with van der Waals surface area (Å²) in [7, 11) is 1.56. The van der Waals surface area contributed by atoms with Crippen molar-refractivity contribution in [2.45, 2.75) is 25.9 Å². The number of aliphatic hydroxyl groups is 1. The van der Waals surface area contributed by atoms with Gasteiger partial charge in [0.05, 0.1) is 18.2 Å². The first-order chi connectivity index (χ1) is 16.7. The molecular weight excluding hydrogens is 448 g/mol. The van der Waals surface area contributed by atoms with Crippen LogP contribution in [0.25, 0.3) is 10.8 Å². The minimum absolute atomic E-state index is 0.0278. The average molecular weight is 472 g/mol. The number of rotatable bonds is 7. The molecule has 1 atom stereocenters. The number of benzene rings is 3. The van der Waals surface area contributed by atoms with Crippen molar-refractivity contribution in [2.24, 2.45) is 0 Å². The highest BCUT2D eigenvalue weighted by atomic mass is 16.5. The Morgan fingerprint density at radius 3 is 2.34 bits per heavy atom. The maximum atomic E-state index is 13.5. The van der Waals surface area contributed by atoms with Crippen LogP contribution in [-0.2, 0) is 16.8 Å². The third-order valence-corrected chi connectivity index (χ3v) is 5.92. The molecule has 0 fully saturated rings. The second-order valence-corrected chi connectivity index (χ2v) is 8.29. The Morgan fingerprint density at radius 2 is 1.71 bits per heavy atom. The van der Waals surface area contributed by atoms with Gasteiger partial charge in [0.25, 0.3) is 5.91 Å². The number of aryl methyl sites for hydroxylation is 1. The van der Waals surface area contributed by atoms with Crippen molar-refractivity contribution in [3.8, 4) is 5.75 Å². The fourth-order valence-electron chi connectivity index (χ4n) is 3.87. The molecule has 0 saturated carbocycles. The first kappa shape index (κ1) is 23.8. The minimum atomic E-state index is -1.96. The van der Waals surface area contributed by atoms with Crippen LogP contribution in [0.1, 0.15) is 34.1 Å². The summed E-state index contributed by atoms with van der Waals surface area (Å²) in [6.45, 7) is 3.13. The lowest BCUT2D eigenvalue weighted by atomic mass is 9.85. The van der Waals surface area contributed by atoms with Crippen molar-refractivity contribution in [3.05, 3.63) is 99.5 Å². The molecule has 8 heteroatoms. The summed E-state index contributed by atoms with van der Waals surface area (Å²) in [5, 5.41) is 19.1. The highest BCUT2D eigenvalue weighted by Crippen LogP contribution is 2.30. The van der Waals surface area contributed by atoms with Crippen LogP contribution in [0.15, 0.2) is 76.0 Å². The number of Topliss-reactive ketones (excluding diaryl/α,β-unsaturated/α-hetero) is 1. The molecule has 0 radical (unpaired) electrons. The third-order valence-electron chi connectivity index (χ3n) is 5.92. The molecule has 178 valence electrons. The van der Waals surface area contributed by atoms with Crippen LogP contribution < -0.4 is 15.7 Å². The molecule has 1 amide bonds. The summed E-state index contributed by atoms with van der Waals surface area (Å²) in [6.07, 6.45) is -0.0278. The van der Waals surface area contributed by atoms with Crippen LogP contribution in [0, 0.1) is 6.92 Å². The summed E-state index contributed by atoms with van der Waals surface area (Å²) in [5.41, 5.74) is -0.162. The largest absolute Gasteiger partial charge is 0.497 e. The van der Waals surface area contributed by atoms with Crippen LogP contribution in [-0.4, -0.2) is 29.1 Å². The highest BCUT2D eigenvalue weighted by molar-refractivity contribution is 6.00. The molecule has 1 heterocycles. The van der Waals surface area contributed by atoms with E-state index in [1.54, 1.807) is 74.7 Å². The number of carbonyl (C=O) groups excluding carboxylic acids is 2. The van der Waals surface area contributed by atoms with Gasteiger partial charge in [-0.3, -0.25) is 9.59 Å². The molecule has 4 rings (SSSR count). The fraction of sp³-hybridized carbons (Fsp3) is 0.185. The van der Waals surface area contributed by atoms with E-state index in [1.807, 2.05) is 0 Å². The van der Waals surface area contributed by atoms with Crippen LogP contribution in [0.3, 0.4) is 0 Å². The number of methoxy groups -OCH3 is 1. The maximum absolute atomic E-state index is 13.5. The number of amides is 1. The first-order valence-electron chi connectivity index (χ1n) is 10.9. The predicted octanol–water partition coefficient (Wildman–Crippen LogP) is 3.78. The average Bonchev–Trinajstić information content (AvgIpc) is 2.86. The zero-order valence-corrected chi connectivity index (χ0v) is 19.5. The van der Waals surface area contributed by atoms with Gasteiger partial charge in [0, 0.05) is 23.1 Å². The van der Waals surface area contributed by atoms with Gasteiger partial charge in [-0.1, -0.05) is 41.6 Å². The van der Waals surface area contributed by atoms with E-state index < -0.39 is 17.1 Å². The van der Waals surface area contributed by atoms with Gasteiger partial charge in [-0.2, -0.15) is 0 Å². The summed E-state index contributed by atoms with van der Waals surface area (Å²) >= 11 is 0. The van der Waals surface area contributed by atoms with E-state index in [4.69, 9.17) is 9.26 Å². The smallest absolute Gasteiger partial charge is 0.366 e. The van der Waals surface area contributed by atoms with Crippen molar-refractivity contribution >= 4 is 28.2 Å². The molecule has 1 aromatic heterocycles. The number of fused-ring (bicyclic) bond motifs is 1. The van der Waals surface area contributed by atoms with Crippen molar-refractivity contribution in [2.75, 3.05) is 12.4 Å². The molecule has 8 nitrogen and oxygen atoms in total. The molecule has 2 N–H and O–H groups in total. The molecular formula is C27H24N2O6. The van der Waals surface area contributed by atoms with E-state index >= 15 is 0 Å². The lowest BCUT2D eigenvalue weighted by Gasteiger charge is -2.28. The summed E-state index contributed by atoms with van der Waals surface area (Å²) in [4.78, 5) is 37.2. The maximum Gasteiger partial charge on any atom is 0.366 e. The van der Waals surface area contributed by atoms with Gasteiger partial charge in [-0.05, 0) is 55.3 Å². The SMILES string of the molecule is COc1ccc(CC(O)(C(=O)Nc2ccc3c(=O)onc(C)c3c2)c2ccc(C(C)=O)cc2)cc1. The fourth-order valence-corrected chi connectivity index (χ4v) is 3.87. The molecule has 0 saturated heterocycles. The number of ketones is 1. The van der Waals surface area contributed by atoms with Crippen LogP contribution >= 0.6 is 0 Å². The standard InChI is InChI=1S/C27H24N2O6/c1-16-24-14-21(10-13-23(24)25(31)35-29-16)28-26(32)27(33,15-18-4-11-22(34-3)12-5-18)20-8-6-19(7-9-20)17(2)30/h4-14,33H,15H2,1-3H3,(H,28,32). The van der Waals surface area contributed by atoms with E-state index in [2.05, 4.69) is 10.5 Å². The second kappa shape index (κ2) is 9.52. The molecule has 35 heavy (non-hydrogen) atoms. The quantitative estimate of drug-likeness (QED) is 0.393. The van der Waals surface area contributed by atoms with E-state index in [1.165, 1.54) is 13.0 Å². The number of carbonyl (C=O) groups is 2. The van der Waals surface area contributed by atoms with Gasteiger partial charge < -0.3 is 19.7 Å². The monoisotopic (exact) mass is 472 g/mol. The Hall–Kier alpha value is -4.30. The van der Waals surface area contributed by atoms with Gasteiger partial charge in [-0.25, -0.2) is 4.79 Å². The number of nitrogens with zero attached hydrogens (tertiary/aromatic N) is 1. The van der Waals surface area contributed by atoms with Crippen molar-refractivity contribution in [1.82, 2.24) is 5.16 Å².